The highest BCUT2D eigenvalue weighted by atomic mass is 19.4. The van der Waals surface area contributed by atoms with Gasteiger partial charge in [-0.2, -0.15) is 13.2 Å². The van der Waals surface area contributed by atoms with Gasteiger partial charge in [-0.05, 0) is 54.5 Å². The van der Waals surface area contributed by atoms with Gasteiger partial charge in [-0.15, -0.1) is 0 Å². The molecule has 0 saturated heterocycles. The Morgan fingerprint density at radius 3 is 2.41 bits per heavy atom. The van der Waals surface area contributed by atoms with Crippen LogP contribution in [0.1, 0.15) is 34.3 Å². The molecular weight excluding hydrogens is 364 g/mol. The van der Waals surface area contributed by atoms with Gasteiger partial charge in [0.1, 0.15) is 5.82 Å². The van der Waals surface area contributed by atoms with Gasteiger partial charge in [0.2, 0.25) is 0 Å². The average molecular weight is 380 g/mol. The van der Waals surface area contributed by atoms with Crippen LogP contribution in [0.2, 0.25) is 0 Å². The maximum absolute atomic E-state index is 12.8. The molecule has 0 heterocycles. The first-order valence-corrected chi connectivity index (χ1v) is 8.06. The maximum atomic E-state index is 12.8. The second kappa shape index (κ2) is 9.12. The molecule has 27 heavy (non-hydrogen) atoms. The van der Waals surface area contributed by atoms with Gasteiger partial charge >= 0.3 is 12.1 Å². The summed E-state index contributed by atoms with van der Waals surface area (Å²) in [6, 6.07) is 9.66. The maximum Gasteiger partial charge on any atom is 0.416 e. The fourth-order valence-electron chi connectivity index (χ4n) is 2.22. The molecule has 0 saturated carbocycles. The number of carbonyl (C=O) groups excluding carboxylic acids is 2. The molecule has 7 heteroatoms. The van der Waals surface area contributed by atoms with Gasteiger partial charge in [0, 0.05) is 18.1 Å². The summed E-state index contributed by atoms with van der Waals surface area (Å²) in [5, 5.41) is 0. The number of hydrogen-bond acceptors (Lipinski definition) is 3. The summed E-state index contributed by atoms with van der Waals surface area (Å²) in [6.45, 7) is -0.0152. The first-order valence-electron chi connectivity index (χ1n) is 8.06. The lowest BCUT2D eigenvalue weighted by atomic mass is 10.1. The van der Waals surface area contributed by atoms with E-state index in [0.29, 0.717) is 5.56 Å². The van der Waals surface area contributed by atoms with Crippen LogP contribution in [0.15, 0.2) is 54.6 Å². The zero-order chi connectivity index (χ0) is 19.9. The van der Waals surface area contributed by atoms with Crippen LogP contribution in [-0.4, -0.2) is 18.4 Å². The van der Waals surface area contributed by atoms with Crippen molar-refractivity contribution in [1.82, 2.24) is 0 Å². The fourth-order valence-corrected chi connectivity index (χ4v) is 2.22. The summed E-state index contributed by atoms with van der Waals surface area (Å²) < 4.78 is 55.6. The number of ketones is 1. The predicted molar refractivity (Wildman–Crippen MR) is 91.4 cm³/mol. The number of esters is 1. The van der Waals surface area contributed by atoms with Gasteiger partial charge in [-0.25, -0.2) is 9.18 Å². The minimum Gasteiger partial charge on any atom is -0.463 e. The molecule has 0 spiro atoms. The minimum atomic E-state index is -4.46. The molecule has 0 aliphatic rings. The lowest BCUT2D eigenvalue weighted by Gasteiger charge is -2.06. The molecule has 0 bridgehead atoms. The van der Waals surface area contributed by atoms with Crippen LogP contribution >= 0.6 is 0 Å². The molecule has 0 unspecified atom stereocenters. The number of halogens is 4. The van der Waals surface area contributed by atoms with E-state index in [2.05, 4.69) is 0 Å². The van der Waals surface area contributed by atoms with Crippen LogP contribution in [0.5, 0.6) is 0 Å². The van der Waals surface area contributed by atoms with Gasteiger partial charge in [-0.3, -0.25) is 4.79 Å². The number of rotatable bonds is 7. The summed E-state index contributed by atoms with van der Waals surface area (Å²) in [4.78, 5) is 23.4. The van der Waals surface area contributed by atoms with Crippen molar-refractivity contribution in [2.24, 2.45) is 0 Å². The zero-order valence-corrected chi connectivity index (χ0v) is 14.1. The lowest BCUT2D eigenvalue weighted by Crippen LogP contribution is -2.06. The average Bonchev–Trinajstić information content (AvgIpc) is 2.63. The molecule has 0 aromatic heterocycles. The van der Waals surface area contributed by atoms with Crippen molar-refractivity contribution >= 4 is 17.8 Å². The molecular formula is C20H16F4O3. The Labute approximate surface area is 153 Å². The smallest absolute Gasteiger partial charge is 0.416 e. The Balaban J connectivity index is 1.77. The van der Waals surface area contributed by atoms with Crippen LogP contribution in [-0.2, 0) is 15.7 Å². The number of carbonyl (C=O) groups is 2. The molecule has 2 aromatic rings. The molecule has 3 nitrogen and oxygen atoms in total. The predicted octanol–water partition coefficient (Wildman–Crippen LogP) is 5.06. The van der Waals surface area contributed by atoms with Gasteiger partial charge in [0.15, 0.2) is 5.78 Å². The van der Waals surface area contributed by atoms with E-state index in [1.165, 1.54) is 42.5 Å². The zero-order valence-electron chi connectivity index (χ0n) is 14.1. The van der Waals surface area contributed by atoms with Gasteiger partial charge < -0.3 is 4.74 Å². The van der Waals surface area contributed by atoms with Crippen molar-refractivity contribution in [3.05, 3.63) is 77.1 Å². The molecule has 0 amide bonds. The van der Waals surface area contributed by atoms with Crippen LogP contribution in [0.4, 0.5) is 17.6 Å². The number of alkyl halides is 3. The highest BCUT2D eigenvalue weighted by Crippen LogP contribution is 2.29. The summed E-state index contributed by atoms with van der Waals surface area (Å²) in [5.41, 5.74) is -0.224. The quantitative estimate of drug-likeness (QED) is 0.222. The molecule has 0 atom stereocenters. The molecule has 0 N–H and O–H groups in total. The van der Waals surface area contributed by atoms with Crippen molar-refractivity contribution in [3.8, 4) is 0 Å². The molecule has 0 radical (unpaired) electrons. The Morgan fingerprint density at radius 2 is 1.74 bits per heavy atom. The highest BCUT2D eigenvalue weighted by Gasteiger charge is 2.30. The van der Waals surface area contributed by atoms with Crippen molar-refractivity contribution in [1.29, 1.82) is 0 Å². The number of ether oxygens (including phenoxy) is 1. The number of Topliss-reactive ketones (excluding diaryl/α,β-unsaturated/α-hetero) is 1. The Morgan fingerprint density at radius 1 is 1.04 bits per heavy atom. The van der Waals surface area contributed by atoms with Crippen LogP contribution < -0.4 is 0 Å². The second-order valence-electron chi connectivity index (χ2n) is 5.66. The van der Waals surface area contributed by atoms with Crippen molar-refractivity contribution < 1.29 is 31.9 Å². The van der Waals surface area contributed by atoms with E-state index < -0.39 is 23.5 Å². The summed E-state index contributed by atoms with van der Waals surface area (Å²) >= 11 is 0. The van der Waals surface area contributed by atoms with Crippen LogP contribution in [0, 0.1) is 5.82 Å². The van der Waals surface area contributed by atoms with Gasteiger partial charge in [-0.1, -0.05) is 12.1 Å². The summed E-state index contributed by atoms with van der Waals surface area (Å²) in [7, 11) is 0. The van der Waals surface area contributed by atoms with E-state index in [4.69, 9.17) is 4.74 Å². The van der Waals surface area contributed by atoms with Gasteiger partial charge in [0.25, 0.3) is 0 Å². The van der Waals surface area contributed by atoms with E-state index in [1.54, 1.807) is 0 Å². The third kappa shape index (κ3) is 6.69. The standard InChI is InChI=1S/C20H16F4O3/c21-17-9-7-15(8-10-17)18(25)5-2-12-27-19(26)11-6-14-3-1-4-16(13-14)20(22,23)24/h1,3-4,6-11,13H,2,5,12H2. The largest absolute Gasteiger partial charge is 0.463 e. The van der Waals surface area contributed by atoms with E-state index >= 15 is 0 Å². The third-order valence-electron chi connectivity index (χ3n) is 3.58. The molecule has 0 aliphatic carbocycles. The Bertz CT molecular complexity index is 824. The Kier molecular flexibility index (Phi) is 6.87. The normalized spacial score (nSPS) is 11.6. The minimum absolute atomic E-state index is 0.0152. The van der Waals surface area contributed by atoms with Crippen LogP contribution in [0.25, 0.3) is 6.08 Å². The second-order valence-corrected chi connectivity index (χ2v) is 5.66. The topological polar surface area (TPSA) is 43.4 Å². The fraction of sp³-hybridized carbons (Fsp3) is 0.200. The van der Waals surface area contributed by atoms with Crippen molar-refractivity contribution in [2.45, 2.75) is 19.0 Å². The van der Waals surface area contributed by atoms with Gasteiger partial charge in [0.05, 0.1) is 12.2 Å². The van der Waals surface area contributed by atoms with Crippen molar-refractivity contribution in [3.63, 3.8) is 0 Å². The molecule has 0 aliphatic heterocycles. The number of benzene rings is 2. The third-order valence-corrected chi connectivity index (χ3v) is 3.58. The highest BCUT2D eigenvalue weighted by molar-refractivity contribution is 5.96. The summed E-state index contributed by atoms with van der Waals surface area (Å²) in [6.07, 6.45) is -1.81. The number of hydrogen-bond donors (Lipinski definition) is 0. The molecule has 0 fully saturated rings. The van der Waals surface area contributed by atoms with Crippen LogP contribution in [0.3, 0.4) is 0 Å². The molecule has 142 valence electrons. The molecule has 2 aromatic carbocycles. The lowest BCUT2D eigenvalue weighted by molar-refractivity contribution is -0.138. The first kappa shape index (κ1) is 20.4. The van der Waals surface area contributed by atoms with E-state index in [0.717, 1.165) is 18.2 Å². The first-order chi connectivity index (χ1) is 12.8. The monoisotopic (exact) mass is 380 g/mol. The van der Waals surface area contributed by atoms with E-state index in [1.807, 2.05) is 0 Å². The Hall–Kier alpha value is -2.96. The SMILES string of the molecule is O=C(C=Cc1cccc(C(F)(F)F)c1)OCCCC(=O)c1ccc(F)cc1. The van der Waals surface area contributed by atoms with E-state index in [-0.39, 0.29) is 30.8 Å². The molecule has 2 rings (SSSR count). The summed E-state index contributed by atoms with van der Waals surface area (Å²) in [5.74, 6) is -1.36. The van der Waals surface area contributed by atoms with Crippen molar-refractivity contribution in [2.75, 3.05) is 6.61 Å². The van der Waals surface area contributed by atoms with E-state index in [9.17, 15) is 27.2 Å².